The molecule has 1 aromatic heterocycles. The van der Waals surface area contributed by atoms with E-state index in [0.29, 0.717) is 5.69 Å². The normalized spacial score (nSPS) is 10.2. The molecule has 0 atom stereocenters. The molecular weight excluding hydrogens is 261 g/mol. The van der Waals surface area contributed by atoms with Crippen molar-refractivity contribution in [1.82, 2.24) is 10.4 Å². The molecule has 1 heterocycles. The van der Waals surface area contributed by atoms with E-state index in [9.17, 15) is 9.18 Å². The zero-order valence-electron chi connectivity index (χ0n) is 10.9. The number of amides is 1. The van der Waals surface area contributed by atoms with Crippen LogP contribution in [0.25, 0.3) is 0 Å². The molecule has 0 radical (unpaired) electrons. The van der Waals surface area contributed by atoms with Gasteiger partial charge in [-0.05, 0) is 36.8 Å². The number of nitrogens with two attached hydrogens (primary N) is 1. The third-order valence-corrected chi connectivity index (χ3v) is 2.63. The average molecular weight is 275 g/mol. The maximum Gasteiger partial charge on any atom is 0.283 e. The van der Waals surface area contributed by atoms with Crippen LogP contribution < -0.4 is 16.0 Å². The fraction of sp³-hybridized carbons (Fsp3) is 0.143. The van der Waals surface area contributed by atoms with Crippen LogP contribution in [0.5, 0.6) is 5.75 Å². The molecule has 0 aliphatic heterocycles. The summed E-state index contributed by atoms with van der Waals surface area (Å²) in [5.74, 6) is 4.26. The third-order valence-electron chi connectivity index (χ3n) is 2.63. The number of hydrogen-bond acceptors (Lipinski definition) is 4. The number of rotatable bonds is 4. The SMILES string of the molecule is Cc1ccc(F)c(OCc2cccc(C(=O)NN)n2)c1. The van der Waals surface area contributed by atoms with Crippen LogP contribution in [0.15, 0.2) is 36.4 Å². The lowest BCUT2D eigenvalue weighted by atomic mass is 10.2. The maximum atomic E-state index is 13.5. The second-order valence-corrected chi connectivity index (χ2v) is 4.21. The standard InChI is InChI=1S/C14H14FN3O2/c1-9-5-6-11(15)13(7-9)20-8-10-3-2-4-12(17-10)14(19)18-16/h2-7H,8,16H2,1H3,(H,18,19). The fourth-order valence-corrected chi connectivity index (χ4v) is 1.63. The van der Waals surface area contributed by atoms with E-state index in [0.717, 1.165) is 5.56 Å². The Balaban J connectivity index is 2.11. The Morgan fingerprint density at radius 2 is 2.20 bits per heavy atom. The minimum absolute atomic E-state index is 0.0616. The minimum Gasteiger partial charge on any atom is -0.484 e. The predicted octanol–water partition coefficient (Wildman–Crippen LogP) is 1.71. The number of aromatic nitrogens is 1. The number of nitrogen functional groups attached to an aromatic ring is 1. The molecular formula is C14H14FN3O2. The molecule has 5 nitrogen and oxygen atoms in total. The molecule has 0 saturated heterocycles. The molecule has 104 valence electrons. The predicted molar refractivity (Wildman–Crippen MR) is 71.4 cm³/mol. The van der Waals surface area contributed by atoms with Gasteiger partial charge in [0.1, 0.15) is 12.3 Å². The highest BCUT2D eigenvalue weighted by Gasteiger charge is 2.08. The van der Waals surface area contributed by atoms with Gasteiger partial charge < -0.3 is 4.74 Å². The lowest BCUT2D eigenvalue weighted by molar-refractivity contribution is 0.0948. The Morgan fingerprint density at radius 3 is 2.95 bits per heavy atom. The average Bonchev–Trinajstić information content (AvgIpc) is 2.47. The Hall–Kier alpha value is -2.47. The van der Waals surface area contributed by atoms with Crippen molar-refractivity contribution >= 4 is 5.91 Å². The molecule has 0 unspecified atom stereocenters. The van der Waals surface area contributed by atoms with Crippen molar-refractivity contribution in [3.63, 3.8) is 0 Å². The van der Waals surface area contributed by atoms with Crippen molar-refractivity contribution in [2.45, 2.75) is 13.5 Å². The van der Waals surface area contributed by atoms with E-state index < -0.39 is 11.7 Å². The number of ether oxygens (including phenoxy) is 1. The minimum atomic E-state index is -0.492. The molecule has 0 fully saturated rings. The van der Waals surface area contributed by atoms with E-state index in [2.05, 4.69) is 4.98 Å². The van der Waals surface area contributed by atoms with Crippen LogP contribution in [0.2, 0.25) is 0 Å². The van der Waals surface area contributed by atoms with Gasteiger partial charge in [-0.3, -0.25) is 10.2 Å². The summed E-state index contributed by atoms with van der Waals surface area (Å²) in [6.45, 7) is 1.91. The number of aryl methyl sites for hydroxylation is 1. The second-order valence-electron chi connectivity index (χ2n) is 4.21. The Labute approximate surface area is 115 Å². The van der Waals surface area contributed by atoms with Crippen LogP contribution in [0.4, 0.5) is 4.39 Å². The van der Waals surface area contributed by atoms with Crippen molar-refractivity contribution in [2.75, 3.05) is 0 Å². The Morgan fingerprint density at radius 1 is 1.40 bits per heavy atom. The molecule has 0 aliphatic rings. The Kier molecular flexibility index (Phi) is 4.27. The summed E-state index contributed by atoms with van der Waals surface area (Å²) in [6.07, 6.45) is 0. The van der Waals surface area contributed by atoms with Crippen LogP contribution in [-0.4, -0.2) is 10.9 Å². The molecule has 20 heavy (non-hydrogen) atoms. The van der Waals surface area contributed by atoms with Gasteiger partial charge in [0.25, 0.3) is 5.91 Å². The highest BCUT2D eigenvalue weighted by molar-refractivity contribution is 5.91. The van der Waals surface area contributed by atoms with Crippen LogP contribution in [0.1, 0.15) is 21.7 Å². The summed E-state index contributed by atoms with van der Waals surface area (Å²) in [4.78, 5) is 15.4. The van der Waals surface area contributed by atoms with Crippen LogP contribution in [0, 0.1) is 12.7 Å². The van der Waals surface area contributed by atoms with E-state index in [1.807, 2.05) is 12.3 Å². The number of benzene rings is 1. The Bertz CT molecular complexity index is 632. The smallest absolute Gasteiger partial charge is 0.283 e. The first kappa shape index (κ1) is 14.0. The lowest BCUT2D eigenvalue weighted by Gasteiger charge is -2.08. The van der Waals surface area contributed by atoms with Gasteiger partial charge >= 0.3 is 0 Å². The van der Waals surface area contributed by atoms with E-state index >= 15 is 0 Å². The highest BCUT2D eigenvalue weighted by atomic mass is 19.1. The number of hydrogen-bond donors (Lipinski definition) is 2. The van der Waals surface area contributed by atoms with Gasteiger partial charge in [-0.15, -0.1) is 0 Å². The summed E-state index contributed by atoms with van der Waals surface area (Å²) in [5, 5.41) is 0. The summed E-state index contributed by atoms with van der Waals surface area (Å²) >= 11 is 0. The van der Waals surface area contributed by atoms with Crippen molar-refractivity contribution in [2.24, 2.45) is 5.84 Å². The van der Waals surface area contributed by atoms with Crippen molar-refractivity contribution < 1.29 is 13.9 Å². The zero-order valence-corrected chi connectivity index (χ0v) is 10.9. The van der Waals surface area contributed by atoms with Gasteiger partial charge in [-0.25, -0.2) is 15.2 Å². The number of carbonyl (C=O) groups excluding carboxylic acids is 1. The van der Waals surface area contributed by atoms with E-state index in [1.54, 1.807) is 24.3 Å². The first-order valence-corrected chi connectivity index (χ1v) is 5.96. The topological polar surface area (TPSA) is 77.2 Å². The summed E-state index contributed by atoms with van der Waals surface area (Å²) < 4.78 is 18.9. The summed E-state index contributed by atoms with van der Waals surface area (Å²) in [5.41, 5.74) is 3.58. The molecule has 0 aliphatic carbocycles. The van der Waals surface area contributed by atoms with Gasteiger partial charge in [-0.1, -0.05) is 12.1 Å². The fourth-order valence-electron chi connectivity index (χ4n) is 1.63. The number of nitrogens with one attached hydrogen (secondary N) is 1. The number of carbonyl (C=O) groups is 1. The highest BCUT2D eigenvalue weighted by Crippen LogP contribution is 2.19. The summed E-state index contributed by atoms with van der Waals surface area (Å²) in [7, 11) is 0. The largest absolute Gasteiger partial charge is 0.484 e. The quantitative estimate of drug-likeness (QED) is 0.506. The number of halogens is 1. The number of nitrogens with zero attached hydrogens (tertiary/aromatic N) is 1. The van der Waals surface area contributed by atoms with Crippen molar-refractivity contribution in [3.05, 3.63) is 59.2 Å². The van der Waals surface area contributed by atoms with Gasteiger partial charge in [0.05, 0.1) is 5.69 Å². The van der Waals surface area contributed by atoms with Crippen LogP contribution in [-0.2, 0) is 6.61 Å². The first-order valence-electron chi connectivity index (χ1n) is 5.96. The molecule has 1 amide bonds. The number of pyridine rings is 1. The molecule has 2 rings (SSSR count). The van der Waals surface area contributed by atoms with Gasteiger partial charge in [-0.2, -0.15) is 0 Å². The van der Waals surface area contributed by atoms with E-state index in [4.69, 9.17) is 10.6 Å². The monoisotopic (exact) mass is 275 g/mol. The van der Waals surface area contributed by atoms with E-state index in [1.165, 1.54) is 12.1 Å². The molecule has 3 N–H and O–H groups in total. The van der Waals surface area contributed by atoms with Gasteiger partial charge in [0, 0.05) is 0 Å². The summed E-state index contributed by atoms with van der Waals surface area (Å²) in [6, 6.07) is 9.47. The first-order chi connectivity index (χ1) is 9.60. The molecule has 0 saturated carbocycles. The van der Waals surface area contributed by atoms with Crippen molar-refractivity contribution in [3.8, 4) is 5.75 Å². The van der Waals surface area contributed by atoms with Gasteiger partial charge in [0.2, 0.25) is 0 Å². The second kappa shape index (κ2) is 6.12. The molecule has 0 bridgehead atoms. The van der Waals surface area contributed by atoms with E-state index in [-0.39, 0.29) is 18.1 Å². The molecule has 0 spiro atoms. The van der Waals surface area contributed by atoms with Gasteiger partial charge in [0.15, 0.2) is 11.6 Å². The third kappa shape index (κ3) is 3.30. The molecule has 1 aromatic carbocycles. The zero-order chi connectivity index (χ0) is 14.5. The van der Waals surface area contributed by atoms with Crippen LogP contribution in [0.3, 0.4) is 0 Å². The maximum absolute atomic E-state index is 13.5. The lowest BCUT2D eigenvalue weighted by Crippen LogP contribution is -2.30. The van der Waals surface area contributed by atoms with Crippen LogP contribution >= 0.6 is 0 Å². The molecule has 6 heteroatoms. The molecule has 2 aromatic rings. The number of hydrazine groups is 1. The van der Waals surface area contributed by atoms with Crippen molar-refractivity contribution in [1.29, 1.82) is 0 Å².